The minimum Gasteiger partial charge on any atom is -0.321 e. The summed E-state index contributed by atoms with van der Waals surface area (Å²) in [6.07, 6.45) is 1.52. The zero-order valence-corrected chi connectivity index (χ0v) is 14.8. The number of hydrogen-bond acceptors (Lipinski definition) is 5. The quantitative estimate of drug-likeness (QED) is 0.521. The van der Waals surface area contributed by atoms with Gasteiger partial charge in [-0.3, -0.25) is 24.7 Å². The van der Waals surface area contributed by atoms with Gasteiger partial charge in [-0.1, -0.05) is 11.6 Å². The summed E-state index contributed by atoms with van der Waals surface area (Å²) in [7, 11) is 0. The molecular formula is C18H13ClN4O4. The number of pyridine rings is 1. The monoisotopic (exact) mass is 384 g/mol. The van der Waals surface area contributed by atoms with Crippen LogP contribution in [0.1, 0.15) is 17.3 Å². The van der Waals surface area contributed by atoms with Crippen molar-refractivity contribution >= 4 is 51.4 Å². The molecule has 136 valence electrons. The molecule has 1 heterocycles. The van der Waals surface area contributed by atoms with Gasteiger partial charge >= 0.3 is 0 Å². The number of carbonyl (C=O) groups excluding carboxylic acids is 2. The van der Waals surface area contributed by atoms with E-state index in [4.69, 9.17) is 11.6 Å². The van der Waals surface area contributed by atoms with E-state index in [1.54, 1.807) is 24.3 Å². The lowest BCUT2D eigenvalue weighted by Crippen LogP contribution is -2.14. The summed E-state index contributed by atoms with van der Waals surface area (Å²) in [5.74, 6) is -0.979. The van der Waals surface area contributed by atoms with Gasteiger partial charge in [-0.15, -0.1) is 0 Å². The molecule has 3 rings (SSSR count). The van der Waals surface area contributed by atoms with Gasteiger partial charge in [0.15, 0.2) is 0 Å². The molecule has 0 unspecified atom stereocenters. The second-order valence-corrected chi connectivity index (χ2v) is 6.08. The molecule has 2 N–H and O–H groups in total. The average molecular weight is 385 g/mol. The molecule has 0 saturated heterocycles. The Morgan fingerprint density at radius 3 is 2.56 bits per heavy atom. The normalized spacial score (nSPS) is 10.4. The highest BCUT2D eigenvalue weighted by molar-refractivity contribution is 6.31. The van der Waals surface area contributed by atoms with Gasteiger partial charge in [0.2, 0.25) is 5.91 Å². The van der Waals surface area contributed by atoms with Crippen LogP contribution >= 0.6 is 11.6 Å². The maximum absolute atomic E-state index is 12.6. The zero-order valence-electron chi connectivity index (χ0n) is 14.0. The smallest absolute Gasteiger partial charge is 0.293 e. The van der Waals surface area contributed by atoms with Crippen molar-refractivity contribution in [1.82, 2.24) is 4.98 Å². The van der Waals surface area contributed by atoms with Crippen molar-refractivity contribution in [2.75, 3.05) is 10.6 Å². The van der Waals surface area contributed by atoms with Crippen molar-refractivity contribution in [3.05, 3.63) is 69.4 Å². The number of amides is 2. The summed E-state index contributed by atoms with van der Waals surface area (Å²) >= 11 is 5.95. The highest BCUT2D eigenvalue weighted by Crippen LogP contribution is 2.28. The standard InChI is InChI=1S/C18H13ClN4O4/c1-10(24)21-15-5-2-11(8-17(15)23(26)27)18(25)22-14-6-7-20-16-9-12(19)3-4-13(14)16/h2-9H,1H3,(H,21,24)(H,20,22,25). The summed E-state index contributed by atoms with van der Waals surface area (Å²) in [6.45, 7) is 1.24. The molecule has 0 saturated carbocycles. The first-order chi connectivity index (χ1) is 12.8. The lowest BCUT2D eigenvalue weighted by Gasteiger charge is -2.10. The average Bonchev–Trinajstić information content (AvgIpc) is 2.61. The van der Waals surface area contributed by atoms with E-state index >= 15 is 0 Å². The fourth-order valence-corrected chi connectivity index (χ4v) is 2.71. The minimum atomic E-state index is -0.661. The number of anilines is 2. The Kier molecular flexibility index (Phi) is 5.00. The molecule has 0 bridgehead atoms. The maximum Gasteiger partial charge on any atom is 0.293 e. The third-order valence-corrected chi connectivity index (χ3v) is 3.96. The topological polar surface area (TPSA) is 114 Å². The van der Waals surface area contributed by atoms with Gasteiger partial charge in [0, 0.05) is 35.2 Å². The van der Waals surface area contributed by atoms with E-state index in [-0.39, 0.29) is 16.9 Å². The van der Waals surface area contributed by atoms with Crippen LogP contribution in [0.15, 0.2) is 48.7 Å². The maximum atomic E-state index is 12.6. The van der Waals surface area contributed by atoms with Gasteiger partial charge < -0.3 is 10.6 Å². The molecule has 1 aromatic heterocycles. The molecule has 0 aliphatic heterocycles. The van der Waals surface area contributed by atoms with Crippen molar-refractivity contribution in [2.45, 2.75) is 6.92 Å². The summed E-state index contributed by atoms with van der Waals surface area (Å²) in [4.78, 5) is 38.5. The van der Waals surface area contributed by atoms with E-state index < -0.39 is 16.7 Å². The molecular weight excluding hydrogens is 372 g/mol. The molecule has 8 nitrogen and oxygen atoms in total. The van der Waals surface area contributed by atoms with Gasteiger partial charge in [-0.25, -0.2) is 0 Å². The summed E-state index contributed by atoms with van der Waals surface area (Å²) < 4.78 is 0. The van der Waals surface area contributed by atoms with Crippen LogP contribution in [0.4, 0.5) is 17.1 Å². The fourth-order valence-electron chi connectivity index (χ4n) is 2.54. The molecule has 0 aliphatic carbocycles. The number of carbonyl (C=O) groups is 2. The van der Waals surface area contributed by atoms with Gasteiger partial charge in [-0.2, -0.15) is 0 Å². The lowest BCUT2D eigenvalue weighted by molar-refractivity contribution is -0.383. The lowest BCUT2D eigenvalue weighted by atomic mass is 10.1. The number of rotatable bonds is 4. The molecule has 2 amide bonds. The number of nitrogens with zero attached hydrogens (tertiary/aromatic N) is 2. The first-order valence-corrected chi connectivity index (χ1v) is 8.14. The highest BCUT2D eigenvalue weighted by Gasteiger charge is 2.19. The van der Waals surface area contributed by atoms with Crippen LogP contribution < -0.4 is 10.6 Å². The van der Waals surface area contributed by atoms with Crippen LogP contribution in [0.25, 0.3) is 10.9 Å². The number of nitro groups is 1. The Balaban J connectivity index is 1.94. The minimum absolute atomic E-state index is 0.0213. The van der Waals surface area contributed by atoms with Crippen LogP contribution in [0.2, 0.25) is 5.02 Å². The number of nitro benzene ring substituents is 1. The second-order valence-electron chi connectivity index (χ2n) is 5.64. The van der Waals surface area contributed by atoms with E-state index in [9.17, 15) is 19.7 Å². The molecule has 3 aromatic rings. The van der Waals surface area contributed by atoms with Gasteiger partial charge in [0.25, 0.3) is 11.6 Å². The Labute approximate surface area is 158 Å². The number of fused-ring (bicyclic) bond motifs is 1. The molecule has 0 aliphatic rings. The van der Waals surface area contributed by atoms with E-state index in [1.807, 2.05) is 0 Å². The van der Waals surface area contributed by atoms with Crippen molar-refractivity contribution in [2.24, 2.45) is 0 Å². The summed E-state index contributed by atoms with van der Waals surface area (Å²) in [6, 6.07) is 10.5. The Morgan fingerprint density at radius 1 is 1.07 bits per heavy atom. The van der Waals surface area contributed by atoms with Crippen LogP contribution in [0.5, 0.6) is 0 Å². The Bertz CT molecular complexity index is 1080. The third kappa shape index (κ3) is 4.01. The number of hydrogen-bond donors (Lipinski definition) is 2. The molecule has 0 radical (unpaired) electrons. The van der Waals surface area contributed by atoms with E-state index in [1.165, 1.54) is 25.3 Å². The van der Waals surface area contributed by atoms with Crippen LogP contribution in [-0.2, 0) is 4.79 Å². The van der Waals surface area contributed by atoms with Crippen molar-refractivity contribution in [3.63, 3.8) is 0 Å². The van der Waals surface area contributed by atoms with Crippen molar-refractivity contribution in [1.29, 1.82) is 0 Å². The second kappa shape index (κ2) is 7.38. The molecule has 27 heavy (non-hydrogen) atoms. The van der Waals surface area contributed by atoms with Gasteiger partial charge in [0.1, 0.15) is 5.69 Å². The first kappa shape index (κ1) is 18.3. The van der Waals surface area contributed by atoms with Crippen molar-refractivity contribution < 1.29 is 14.5 Å². The summed E-state index contributed by atoms with van der Waals surface area (Å²) in [5.41, 5.74) is 0.828. The highest BCUT2D eigenvalue weighted by atomic mass is 35.5. The molecule has 0 atom stereocenters. The zero-order chi connectivity index (χ0) is 19.6. The van der Waals surface area contributed by atoms with Gasteiger partial charge in [0.05, 0.1) is 16.1 Å². The Morgan fingerprint density at radius 2 is 1.85 bits per heavy atom. The predicted octanol–water partition coefficient (Wildman–Crippen LogP) is 4.01. The molecule has 0 fully saturated rings. The molecule has 2 aromatic carbocycles. The van der Waals surface area contributed by atoms with Crippen LogP contribution in [-0.4, -0.2) is 21.7 Å². The van der Waals surface area contributed by atoms with Gasteiger partial charge in [-0.05, 0) is 36.4 Å². The third-order valence-electron chi connectivity index (χ3n) is 3.72. The fraction of sp³-hybridized carbons (Fsp3) is 0.0556. The van der Waals surface area contributed by atoms with Crippen molar-refractivity contribution in [3.8, 4) is 0 Å². The SMILES string of the molecule is CC(=O)Nc1ccc(C(=O)Nc2ccnc3cc(Cl)ccc23)cc1[N+](=O)[O-]. The Hall–Kier alpha value is -3.52. The molecule has 0 spiro atoms. The summed E-state index contributed by atoms with van der Waals surface area (Å²) in [5, 5.41) is 17.5. The van der Waals surface area contributed by atoms with E-state index in [2.05, 4.69) is 15.6 Å². The number of nitrogens with one attached hydrogen (secondary N) is 2. The number of aromatic nitrogens is 1. The largest absolute Gasteiger partial charge is 0.321 e. The number of benzene rings is 2. The predicted molar refractivity (Wildman–Crippen MR) is 102 cm³/mol. The first-order valence-electron chi connectivity index (χ1n) is 7.77. The van der Waals surface area contributed by atoms with Crippen LogP contribution in [0.3, 0.4) is 0 Å². The van der Waals surface area contributed by atoms with Crippen LogP contribution in [0, 0.1) is 10.1 Å². The van der Waals surface area contributed by atoms with E-state index in [0.29, 0.717) is 21.6 Å². The van der Waals surface area contributed by atoms with E-state index in [0.717, 1.165) is 6.07 Å². The molecule has 9 heteroatoms. The number of halogens is 1.